The Morgan fingerprint density at radius 2 is 1.64 bits per heavy atom. The zero-order valence-electron chi connectivity index (χ0n) is 28.3. The third-order valence-corrected chi connectivity index (χ3v) is 11.7. The standard InChI is InChI=1S/C34H57N5O6/c1-7-12-20(2)24(19-45-6)37-32(44)38-28(34(5)15-9-8-10-16-34)31(43)39-18-22-25(33(22,3)4)26(39)30(42)36-23(27(40)29(35)41)17-21-13-11-14-21/h20-26,28H,7-19H2,1-6H3,(H2,35,41)(H,36,42)(H2,37,38,44)/t20?,22-,23?,24?,25-,26-,28+/m0/s1. The van der Waals surface area contributed by atoms with Gasteiger partial charge in [0.05, 0.1) is 18.7 Å². The summed E-state index contributed by atoms with van der Waals surface area (Å²) in [7, 11) is 1.61. The molecule has 4 aliphatic rings. The van der Waals surface area contributed by atoms with Crippen molar-refractivity contribution < 1.29 is 28.7 Å². The number of carbonyl (C=O) groups excluding carboxylic acids is 5. The number of hydrogen-bond donors (Lipinski definition) is 4. The summed E-state index contributed by atoms with van der Waals surface area (Å²) in [6.07, 6.45) is 9.81. The number of nitrogens with one attached hydrogen (secondary N) is 3. The average molecular weight is 632 g/mol. The molecular weight excluding hydrogens is 574 g/mol. The van der Waals surface area contributed by atoms with Crippen LogP contribution in [0, 0.1) is 34.5 Å². The number of nitrogens with two attached hydrogens (primary N) is 1. The van der Waals surface area contributed by atoms with Crippen LogP contribution in [0.5, 0.6) is 0 Å². The third kappa shape index (κ3) is 7.66. The monoisotopic (exact) mass is 631 g/mol. The van der Waals surface area contributed by atoms with Gasteiger partial charge in [0.25, 0.3) is 5.91 Å². The van der Waals surface area contributed by atoms with E-state index in [4.69, 9.17) is 10.5 Å². The molecule has 1 heterocycles. The van der Waals surface area contributed by atoms with Crippen molar-refractivity contribution in [1.29, 1.82) is 0 Å². The Balaban J connectivity index is 1.57. The summed E-state index contributed by atoms with van der Waals surface area (Å²) < 4.78 is 5.40. The lowest BCUT2D eigenvalue weighted by Crippen LogP contribution is -2.63. The van der Waals surface area contributed by atoms with Crippen LogP contribution in [0.1, 0.15) is 105 Å². The van der Waals surface area contributed by atoms with E-state index in [9.17, 15) is 24.0 Å². The average Bonchev–Trinajstić information content (AvgIpc) is 3.28. The minimum absolute atomic E-state index is 0.0795. The van der Waals surface area contributed by atoms with Crippen molar-refractivity contribution >= 4 is 29.5 Å². The Morgan fingerprint density at radius 3 is 2.20 bits per heavy atom. The van der Waals surface area contributed by atoms with Gasteiger partial charge in [-0.2, -0.15) is 0 Å². The van der Waals surface area contributed by atoms with Gasteiger partial charge in [0.1, 0.15) is 12.1 Å². The smallest absolute Gasteiger partial charge is 0.315 e. The molecule has 5 amide bonds. The highest BCUT2D eigenvalue weighted by Gasteiger charge is 2.70. The molecule has 0 bridgehead atoms. The van der Waals surface area contributed by atoms with Gasteiger partial charge < -0.3 is 31.3 Å². The number of amides is 5. The predicted molar refractivity (Wildman–Crippen MR) is 171 cm³/mol. The van der Waals surface area contributed by atoms with Gasteiger partial charge in [0, 0.05) is 13.7 Å². The molecule has 11 nitrogen and oxygen atoms in total. The van der Waals surface area contributed by atoms with E-state index >= 15 is 0 Å². The van der Waals surface area contributed by atoms with Crippen LogP contribution < -0.4 is 21.7 Å². The minimum atomic E-state index is -1.07. The van der Waals surface area contributed by atoms with Crippen LogP contribution in [0.3, 0.4) is 0 Å². The zero-order valence-corrected chi connectivity index (χ0v) is 28.3. The molecule has 4 rings (SSSR count). The molecule has 11 heteroatoms. The largest absolute Gasteiger partial charge is 0.383 e. The molecule has 0 aromatic heterocycles. The molecule has 1 saturated heterocycles. The summed E-state index contributed by atoms with van der Waals surface area (Å²) in [6.45, 7) is 11.2. The van der Waals surface area contributed by atoms with Crippen molar-refractivity contribution in [1.82, 2.24) is 20.9 Å². The molecule has 45 heavy (non-hydrogen) atoms. The van der Waals surface area contributed by atoms with E-state index in [1.165, 1.54) is 0 Å². The molecule has 0 radical (unpaired) electrons. The van der Waals surface area contributed by atoms with Gasteiger partial charge in [-0.05, 0) is 60.2 Å². The lowest BCUT2D eigenvalue weighted by molar-refractivity contribution is -0.146. The van der Waals surface area contributed by atoms with Crippen molar-refractivity contribution in [2.45, 2.75) is 129 Å². The van der Waals surface area contributed by atoms with E-state index in [0.717, 1.165) is 64.2 Å². The quantitative estimate of drug-likeness (QED) is 0.203. The second kappa shape index (κ2) is 14.4. The summed E-state index contributed by atoms with van der Waals surface area (Å²) in [5.74, 6) is -2.06. The number of carbonyl (C=O) groups is 5. The molecular formula is C34H57N5O6. The normalized spacial score (nSPS) is 27.6. The van der Waals surface area contributed by atoms with Gasteiger partial charge in [0.15, 0.2) is 0 Å². The maximum absolute atomic E-state index is 14.6. The first kappa shape index (κ1) is 35.2. The summed E-state index contributed by atoms with van der Waals surface area (Å²) in [5, 5.41) is 9.00. The van der Waals surface area contributed by atoms with Crippen LogP contribution in [0.4, 0.5) is 4.79 Å². The number of rotatable bonds is 15. The third-order valence-electron chi connectivity index (χ3n) is 11.7. The molecule has 0 spiro atoms. The topological polar surface area (TPSA) is 160 Å². The maximum atomic E-state index is 14.6. The zero-order chi connectivity index (χ0) is 33.1. The molecule has 5 N–H and O–H groups in total. The van der Waals surface area contributed by atoms with Crippen molar-refractivity contribution in [2.24, 2.45) is 40.2 Å². The van der Waals surface area contributed by atoms with Crippen LogP contribution in [0.15, 0.2) is 0 Å². The fraction of sp³-hybridized carbons (Fsp3) is 0.853. The molecule has 0 aromatic rings. The number of piperidine rings is 1. The summed E-state index contributed by atoms with van der Waals surface area (Å²) in [6, 6.07) is -3.25. The second-order valence-electron chi connectivity index (χ2n) is 15.3. The first-order valence-electron chi connectivity index (χ1n) is 17.3. The number of hydrogen-bond acceptors (Lipinski definition) is 6. The number of ketones is 1. The van der Waals surface area contributed by atoms with Gasteiger partial charge >= 0.3 is 6.03 Å². The van der Waals surface area contributed by atoms with E-state index in [-0.39, 0.29) is 41.0 Å². The molecule has 4 fully saturated rings. The van der Waals surface area contributed by atoms with Crippen molar-refractivity contribution in [3.63, 3.8) is 0 Å². The fourth-order valence-corrected chi connectivity index (χ4v) is 8.41. The number of nitrogens with zero attached hydrogens (tertiary/aromatic N) is 1. The number of likely N-dealkylation sites (tertiary alicyclic amines) is 1. The Labute approximate surface area is 268 Å². The number of ether oxygens (including phenoxy) is 1. The number of primary amides is 1. The van der Waals surface area contributed by atoms with Crippen LogP contribution in [0.2, 0.25) is 0 Å². The lowest BCUT2D eigenvalue weighted by atomic mass is 9.70. The first-order chi connectivity index (χ1) is 21.2. The van der Waals surface area contributed by atoms with E-state index in [1.54, 1.807) is 12.0 Å². The lowest BCUT2D eigenvalue weighted by Gasteiger charge is -2.43. The van der Waals surface area contributed by atoms with Gasteiger partial charge in [-0.25, -0.2) is 4.79 Å². The maximum Gasteiger partial charge on any atom is 0.315 e. The molecule has 1 aliphatic heterocycles. The summed E-state index contributed by atoms with van der Waals surface area (Å²) in [4.78, 5) is 68.5. The predicted octanol–water partition coefficient (Wildman–Crippen LogP) is 3.29. The van der Waals surface area contributed by atoms with Crippen LogP contribution in [-0.4, -0.2) is 78.9 Å². The SMILES string of the molecule is CCCC(C)C(COC)NC(=O)N[C@H](C(=O)N1C[C@H]2[C@@H]([C@H]1C(=O)NC(CC1CCC1)C(=O)C(N)=O)C2(C)C)C1(C)CCCCC1. The highest BCUT2D eigenvalue weighted by atomic mass is 16.5. The number of methoxy groups -OCH3 is 1. The van der Waals surface area contributed by atoms with Gasteiger partial charge in [0.2, 0.25) is 17.6 Å². The molecule has 3 aliphatic carbocycles. The van der Waals surface area contributed by atoms with E-state index in [2.05, 4.69) is 50.6 Å². The Bertz CT molecular complexity index is 1120. The highest BCUT2D eigenvalue weighted by molar-refractivity contribution is 6.37. The second-order valence-corrected chi connectivity index (χ2v) is 15.3. The Hall–Kier alpha value is -2.69. The van der Waals surface area contributed by atoms with Gasteiger partial charge in [-0.1, -0.05) is 79.6 Å². The minimum Gasteiger partial charge on any atom is -0.383 e. The summed E-state index contributed by atoms with van der Waals surface area (Å²) in [5.41, 5.74) is 4.75. The Kier molecular flexibility index (Phi) is 11.2. The van der Waals surface area contributed by atoms with Gasteiger partial charge in [-0.15, -0.1) is 0 Å². The molecule has 7 atom stereocenters. The fourth-order valence-electron chi connectivity index (χ4n) is 8.41. The number of Topliss-reactive ketones (excluding diaryl/α,β-unsaturated/α-hetero) is 1. The summed E-state index contributed by atoms with van der Waals surface area (Å²) >= 11 is 0. The molecule has 254 valence electrons. The van der Waals surface area contributed by atoms with Crippen molar-refractivity contribution in [2.75, 3.05) is 20.3 Å². The molecule has 3 unspecified atom stereocenters. The van der Waals surface area contributed by atoms with Crippen molar-refractivity contribution in [3.05, 3.63) is 0 Å². The van der Waals surface area contributed by atoms with Gasteiger partial charge in [-0.3, -0.25) is 19.2 Å². The van der Waals surface area contributed by atoms with E-state index in [0.29, 0.717) is 19.6 Å². The van der Waals surface area contributed by atoms with Crippen molar-refractivity contribution in [3.8, 4) is 0 Å². The first-order valence-corrected chi connectivity index (χ1v) is 17.3. The van der Waals surface area contributed by atoms with E-state index < -0.39 is 47.2 Å². The molecule has 0 aromatic carbocycles. The highest BCUT2D eigenvalue weighted by Crippen LogP contribution is 2.65. The number of fused-ring (bicyclic) bond motifs is 1. The number of urea groups is 1. The van der Waals surface area contributed by atoms with E-state index in [1.807, 2.05) is 0 Å². The Morgan fingerprint density at radius 1 is 0.978 bits per heavy atom. The van der Waals surface area contributed by atoms with Crippen LogP contribution >= 0.6 is 0 Å². The van der Waals surface area contributed by atoms with Crippen LogP contribution in [-0.2, 0) is 23.9 Å². The molecule has 3 saturated carbocycles. The van der Waals surface area contributed by atoms with Crippen LogP contribution in [0.25, 0.3) is 0 Å².